The van der Waals surface area contributed by atoms with Crippen LogP contribution in [0.4, 0.5) is 0 Å². The van der Waals surface area contributed by atoms with Gasteiger partial charge < -0.3 is 9.55 Å². The second-order valence-corrected chi connectivity index (χ2v) is 6.93. The van der Waals surface area contributed by atoms with Crippen LogP contribution in [0.3, 0.4) is 0 Å². The minimum absolute atomic E-state index is 0.0795. The van der Waals surface area contributed by atoms with E-state index in [2.05, 4.69) is 20.2 Å². The molecule has 0 fully saturated rings. The Kier molecular flexibility index (Phi) is 4.30. The lowest BCUT2D eigenvalue weighted by Gasteiger charge is -2.04. The summed E-state index contributed by atoms with van der Waals surface area (Å²) in [6.07, 6.45) is 3.47. The summed E-state index contributed by atoms with van der Waals surface area (Å²) in [7, 11) is 1.89. The van der Waals surface area contributed by atoms with Gasteiger partial charge in [-0.15, -0.1) is 10.2 Å². The number of nitrogens with one attached hydrogen (secondary N) is 1. The number of aryl methyl sites for hydroxylation is 1. The van der Waals surface area contributed by atoms with E-state index in [4.69, 9.17) is 0 Å². The molecule has 0 aliphatic heterocycles. The number of H-pyrrole nitrogens is 1. The molecule has 0 atom stereocenters. The maximum Gasteiger partial charge on any atom is 0.191 e. The van der Waals surface area contributed by atoms with Crippen LogP contribution in [0.1, 0.15) is 16.1 Å². The van der Waals surface area contributed by atoms with Gasteiger partial charge in [0.1, 0.15) is 0 Å². The fourth-order valence-corrected chi connectivity index (χ4v) is 3.81. The van der Waals surface area contributed by atoms with Crippen LogP contribution in [-0.4, -0.2) is 36.3 Å². The molecule has 4 aromatic rings. The highest BCUT2D eigenvalue weighted by molar-refractivity contribution is 7.99. The molecule has 6 nitrogen and oxygen atoms in total. The summed E-state index contributed by atoms with van der Waals surface area (Å²) in [5.74, 6) is 1.12. The van der Waals surface area contributed by atoms with E-state index in [0.717, 1.165) is 33.5 Å². The molecule has 0 radical (unpaired) electrons. The van der Waals surface area contributed by atoms with Crippen LogP contribution < -0.4 is 0 Å². The molecule has 4 rings (SSSR count). The molecule has 26 heavy (non-hydrogen) atoms. The molecule has 0 spiro atoms. The van der Waals surface area contributed by atoms with Crippen molar-refractivity contribution in [1.29, 1.82) is 0 Å². The van der Waals surface area contributed by atoms with Crippen molar-refractivity contribution in [2.75, 3.05) is 5.75 Å². The third-order valence-electron chi connectivity index (χ3n) is 4.26. The highest BCUT2D eigenvalue weighted by atomic mass is 32.2. The molecule has 3 aromatic heterocycles. The van der Waals surface area contributed by atoms with Gasteiger partial charge in [0, 0.05) is 47.2 Å². The monoisotopic (exact) mass is 363 g/mol. The zero-order valence-corrected chi connectivity index (χ0v) is 15.2. The van der Waals surface area contributed by atoms with E-state index >= 15 is 0 Å². The lowest BCUT2D eigenvalue weighted by Crippen LogP contribution is -2.05. The van der Waals surface area contributed by atoms with E-state index in [1.165, 1.54) is 11.8 Å². The number of carbonyl (C=O) groups excluding carboxylic acids is 1. The summed E-state index contributed by atoms with van der Waals surface area (Å²) in [6.45, 7) is 1.93. The van der Waals surface area contributed by atoms with Crippen LogP contribution in [-0.2, 0) is 7.05 Å². The minimum Gasteiger partial charge on any atom is -0.358 e. The number of aromatic amines is 1. The fraction of sp³-hybridized carbons (Fsp3) is 0.158. The second kappa shape index (κ2) is 6.76. The number of carbonyl (C=O) groups is 1. The number of aromatic nitrogens is 5. The standard InChI is InChI=1S/C19H17N5OS/c1-12-17(14-7-3-4-8-15(14)21-12)16(25)11-26-19-23-22-18(24(19)2)13-6-5-9-20-10-13/h3-10,21H,11H2,1-2H3. The van der Waals surface area contributed by atoms with E-state index in [9.17, 15) is 4.79 Å². The molecule has 0 amide bonds. The first-order chi connectivity index (χ1) is 12.6. The molecule has 0 bridgehead atoms. The van der Waals surface area contributed by atoms with Crippen molar-refractivity contribution in [3.63, 3.8) is 0 Å². The van der Waals surface area contributed by atoms with Crippen LogP contribution in [0.15, 0.2) is 53.9 Å². The predicted molar refractivity (Wildman–Crippen MR) is 102 cm³/mol. The zero-order valence-electron chi connectivity index (χ0n) is 14.4. The van der Waals surface area contributed by atoms with Gasteiger partial charge in [-0.25, -0.2) is 0 Å². The highest BCUT2D eigenvalue weighted by Gasteiger charge is 2.18. The topological polar surface area (TPSA) is 76.5 Å². The number of thioether (sulfide) groups is 1. The number of nitrogens with zero attached hydrogens (tertiary/aromatic N) is 4. The fourth-order valence-electron chi connectivity index (χ4n) is 3.03. The molecule has 3 heterocycles. The van der Waals surface area contributed by atoms with E-state index in [-0.39, 0.29) is 5.78 Å². The van der Waals surface area contributed by atoms with Crippen LogP contribution in [0, 0.1) is 6.92 Å². The molecule has 7 heteroatoms. The van der Waals surface area contributed by atoms with Crippen molar-refractivity contribution < 1.29 is 4.79 Å². The normalized spacial score (nSPS) is 11.2. The first kappa shape index (κ1) is 16.5. The van der Waals surface area contributed by atoms with E-state index < -0.39 is 0 Å². The largest absolute Gasteiger partial charge is 0.358 e. The third kappa shape index (κ3) is 2.90. The maximum absolute atomic E-state index is 12.8. The summed E-state index contributed by atoms with van der Waals surface area (Å²) < 4.78 is 1.89. The highest BCUT2D eigenvalue weighted by Crippen LogP contribution is 2.26. The summed E-state index contributed by atoms with van der Waals surface area (Å²) in [5.41, 5.74) is 3.53. The van der Waals surface area contributed by atoms with Crippen LogP contribution >= 0.6 is 11.8 Å². The van der Waals surface area contributed by atoms with Gasteiger partial charge in [0.2, 0.25) is 0 Å². The maximum atomic E-state index is 12.8. The molecule has 0 aliphatic carbocycles. The average Bonchev–Trinajstić information content (AvgIpc) is 3.19. The molecule has 0 saturated heterocycles. The molecule has 0 saturated carbocycles. The number of hydrogen-bond acceptors (Lipinski definition) is 5. The predicted octanol–water partition coefficient (Wildman–Crippen LogP) is 3.64. The first-order valence-electron chi connectivity index (χ1n) is 8.18. The van der Waals surface area contributed by atoms with Crippen LogP contribution in [0.25, 0.3) is 22.3 Å². The second-order valence-electron chi connectivity index (χ2n) is 5.99. The number of pyridine rings is 1. The quantitative estimate of drug-likeness (QED) is 0.433. The third-order valence-corrected chi connectivity index (χ3v) is 5.28. The lowest BCUT2D eigenvalue weighted by molar-refractivity contribution is 0.102. The number of benzene rings is 1. The Morgan fingerprint density at radius 1 is 1.19 bits per heavy atom. The minimum atomic E-state index is 0.0795. The van der Waals surface area contributed by atoms with Crippen molar-refractivity contribution in [3.05, 3.63) is 60.0 Å². The van der Waals surface area contributed by atoms with E-state index in [1.807, 2.05) is 54.9 Å². The Labute approximate surface area is 154 Å². The Morgan fingerprint density at radius 3 is 2.85 bits per heavy atom. The van der Waals surface area contributed by atoms with Gasteiger partial charge in [0.05, 0.1) is 5.75 Å². The summed E-state index contributed by atoms with van der Waals surface area (Å²) in [5, 5.41) is 10.1. The van der Waals surface area contributed by atoms with Gasteiger partial charge in [0.25, 0.3) is 0 Å². The van der Waals surface area contributed by atoms with Gasteiger partial charge >= 0.3 is 0 Å². The first-order valence-corrected chi connectivity index (χ1v) is 9.17. The number of hydrogen-bond donors (Lipinski definition) is 1. The van der Waals surface area contributed by atoms with Crippen molar-refractivity contribution in [1.82, 2.24) is 24.7 Å². The van der Waals surface area contributed by atoms with E-state index in [0.29, 0.717) is 10.9 Å². The molecule has 0 aliphatic rings. The van der Waals surface area contributed by atoms with Crippen molar-refractivity contribution in [2.45, 2.75) is 12.1 Å². The van der Waals surface area contributed by atoms with Crippen molar-refractivity contribution in [3.8, 4) is 11.4 Å². The molecular weight excluding hydrogens is 346 g/mol. The Hall–Kier alpha value is -2.93. The SMILES string of the molecule is Cc1[nH]c2ccccc2c1C(=O)CSc1nnc(-c2cccnc2)n1C. The Bertz CT molecular complexity index is 1080. The smallest absolute Gasteiger partial charge is 0.191 e. The van der Waals surface area contributed by atoms with Gasteiger partial charge in [-0.05, 0) is 25.1 Å². The number of Topliss-reactive ketones (excluding diaryl/α,β-unsaturated/α-hetero) is 1. The lowest BCUT2D eigenvalue weighted by atomic mass is 10.1. The molecule has 0 unspecified atom stereocenters. The molecule has 130 valence electrons. The van der Waals surface area contributed by atoms with Gasteiger partial charge in [-0.2, -0.15) is 0 Å². The summed E-state index contributed by atoms with van der Waals surface area (Å²) in [4.78, 5) is 20.2. The summed E-state index contributed by atoms with van der Waals surface area (Å²) >= 11 is 1.39. The van der Waals surface area contributed by atoms with Gasteiger partial charge in [-0.3, -0.25) is 9.78 Å². The zero-order chi connectivity index (χ0) is 18.1. The number of rotatable bonds is 5. The van der Waals surface area contributed by atoms with Crippen molar-refractivity contribution >= 4 is 28.4 Å². The van der Waals surface area contributed by atoms with E-state index in [1.54, 1.807) is 12.4 Å². The number of para-hydroxylation sites is 1. The number of fused-ring (bicyclic) bond motifs is 1. The molecule has 1 N–H and O–H groups in total. The van der Waals surface area contributed by atoms with Crippen LogP contribution in [0.5, 0.6) is 0 Å². The molecule has 1 aromatic carbocycles. The Morgan fingerprint density at radius 2 is 2.04 bits per heavy atom. The van der Waals surface area contributed by atoms with Crippen LogP contribution in [0.2, 0.25) is 0 Å². The summed E-state index contributed by atoms with van der Waals surface area (Å²) in [6, 6.07) is 11.7. The van der Waals surface area contributed by atoms with Crippen molar-refractivity contribution in [2.24, 2.45) is 7.05 Å². The number of ketones is 1. The Balaban J connectivity index is 1.55. The van der Waals surface area contributed by atoms with Gasteiger partial charge in [0.15, 0.2) is 16.8 Å². The average molecular weight is 363 g/mol. The molecular formula is C19H17N5OS. The van der Waals surface area contributed by atoms with Gasteiger partial charge in [-0.1, -0.05) is 30.0 Å².